The number of halogens is 2. The molecule has 2 amide bonds. The molecular weight excluding hydrogens is 319 g/mol. The topological polar surface area (TPSA) is 58.2 Å². The van der Waals surface area contributed by atoms with Crippen LogP contribution in [0.4, 0.5) is 15.8 Å². The van der Waals surface area contributed by atoms with E-state index in [0.717, 1.165) is 6.42 Å². The summed E-state index contributed by atoms with van der Waals surface area (Å²) in [4.78, 5) is 23.8. The summed E-state index contributed by atoms with van der Waals surface area (Å²) in [6.45, 7) is 1.91. The first-order valence-electron chi connectivity index (χ1n) is 7.16. The van der Waals surface area contributed by atoms with Crippen LogP contribution in [-0.2, 0) is 4.79 Å². The second-order valence-electron chi connectivity index (χ2n) is 4.95. The molecule has 0 aromatic heterocycles. The Kier molecular flexibility index (Phi) is 5.71. The van der Waals surface area contributed by atoms with Crippen molar-refractivity contribution in [2.75, 3.05) is 10.6 Å². The molecule has 2 aromatic rings. The predicted molar refractivity (Wildman–Crippen MR) is 89.3 cm³/mol. The maximum atomic E-state index is 12.9. The van der Waals surface area contributed by atoms with Gasteiger partial charge in [-0.15, -0.1) is 0 Å². The van der Waals surface area contributed by atoms with Gasteiger partial charge in [-0.2, -0.15) is 0 Å². The molecule has 2 aromatic carbocycles. The highest BCUT2D eigenvalue weighted by Gasteiger charge is 2.10. The molecule has 0 saturated carbocycles. The monoisotopic (exact) mass is 334 g/mol. The fraction of sp³-hybridized carbons (Fsp3) is 0.176. The zero-order chi connectivity index (χ0) is 16.8. The molecule has 0 radical (unpaired) electrons. The highest BCUT2D eigenvalue weighted by molar-refractivity contribution is 6.34. The molecule has 2 rings (SSSR count). The maximum Gasteiger partial charge on any atom is 0.255 e. The van der Waals surface area contributed by atoms with Gasteiger partial charge in [0.25, 0.3) is 5.91 Å². The summed E-state index contributed by atoms with van der Waals surface area (Å²) >= 11 is 6.06. The molecule has 0 spiro atoms. The van der Waals surface area contributed by atoms with Crippen molar-refractivity contribution in [1.82, 2.24) is 0 Å². The lowest BCUT2D eigenvalue weighted by molar-refractivity contribution is -0.116. The van der Waals surface area contributed by atoms with Crippen molar-refractivity contribution < 1.29 is 14.0 Å². The van der Waals surface area contributed by atoms with E-state index in [0.29, 0.717) is 28.4 Å². The molecule has 23 heavy (non-hydrogen) atoms. The number of rotatable bonds is 5. The normalized spacial score (nSPS) is 10.2. The lowest BCUT2D eigenvalue weighted by Gasteiger charge is -2.10. The molecule has 0 aliphatic carbocycles. The molecule has 120 valence electrons. The van der Waals surface area contributed by atoms with E-state index < -0.39 is 11.7 Å². The fourth-order valence-corrected chi connectivity index (χ4v) is 2.11. The van der Waals surface area contributed by atoms with Gasteiger partial charge in [-0.25, -0.2) is 4.39 Å². The second-order valence-corrected chi connectivity index (χ2v) is 5.36. The maximum absolute atomic E-state index is 12.9. The zero-order valence-corrected chi connectivity index (χ0v) is 13.3. The summed E-state index contributed by atoms with van der Waals surface area (Å²) in [5.41, 5.74) is 1.22. The van der Waals surface area contributed by atoms with E-state index in [2.05, 4.69) is 10.6 Å². The molecule has 0 aliphatic rings. The molecule has 0 atom stereocenters. The Morgan fingerprint density at radius 3 is 2.43 bits per heavy atom. The van der Waals surface area contributed by atoms with Crippen LogP contribution in [0.2, 0.25) is 5.02 Å². The van der Waals surface area contributed by atoms with Gasteiger partial charge in [-0.05, 0) is 48.9 Å². The molecule has 0 fully saturated rings. The van der Waals surface area contributed by atoms with Crippen LogP contribution < -0.4 is 10.6 Å². The van der Waals surface area contributed by atoms with E-state index in [1.807, 2.05) is 6.92 Å². The van der Waals surface area contributed by atoms with Gasteiger partial charge >= 0.3 is 0 Å². The lowest BCUT2D eigenvalue weighted by Crippen LogP contribution is -2.14. The average molecular weight is 335 g/mol. The molecule has 2 N–H and O–H groups in total. The van der Waals surface area contributed by atoms with Gasteiger partial charge in [-0.3, -0.25) is 9.59 Å². The minimum atomic E-state index is -0.416. The third kappa shape index (κ3) is 4.79. The number of anilines is 2. The largest absolute Gasteiger partial charge is 0.326 e. The Bertz CT molecular complexity index is 717. The first-order chi connectivity index (χ1) is 11.0. The Morgan fingerprint density at radius 2 is 1.78 bits per heavy atom. The van der Waals surface area contributed by atoms with Gasteiger partial charge in [0.05, 0.1) is 10.7 Å². The molecule has 4 nitrogen and oxygen atoms in total. The summed E-state index contributed by atoms with van der Waals surface area (Å²) in [5, 5.41) is 5.72. The van der Waals surface area contributed by atoms with Crippen LogP contribution in [-0.4, -0.2) is 11.8 Å². The van der Waals surface area contributed by atoms with Crippen molar-refractivity contribution in [1.29, 1.82) is 0 Å². The van der Waals surface area contributed by atoms with Crippen LogP contribution in [0.25, 0.3) is 0 Å². The van der Waals surface area contributed by atoms with E-state index in [1.165, 1.54) is 24.3 Å². The van der Waals surface area contributed by atoms with Gasteiger partial charge < -0.3 is 10.6 Å². The average Bonchev–Trinajstić information content (AvgIpc) is 2.51. The van der Waals surface area contributed by atoms with E-state index >= 15 is 0 Å². The number of benzene rings is 2. The van der Waals surface area contributed by atoms with Crippen molar-refractivity contribution in [3.8, 4) is 0 Å². The number of nitrogens with one attached hydrogen (secondary N) is 2. The van der Waals surface area contributed by atoms with Crippen molar-refractivity contribution in [2.24, 2.45) is 0 Å². The molecule has 0 unspecified atom stereocenters. The summed E-state index contributed by atoms with van der Waals surface area (Å²) in [7, 11) is 0. The first-order valence-corrected chi connectivity index (χ1v) is 7.53. The smallest absolute Gasteiger partial charge is 0.255 e. The van der Waals surface area contributed by atoms with Crippen molar-refractivity contribution in [3.63, 3.8) is 0 Å². The van der Waals surface area contributed by atoms with Crippen LogP contribution in [0.1, 0.15) is 30.1 Å². The van der Waals surface area contributed by atoms with E-state index in [1.54, 1.807) is 18.2 Å². The van der Waals surface area contributed by atoms with Gasteiger partial charge in [-0.1, -0.05) is 18.5 Å². The highest BCUT2D eigenvalue weighted by Crippen LogP contribution is 2.26. The molecule has 0 heterocycles. The molecule has 6 heteroatoms. The minimum absolute atomic E-state index is 0.106. The van der Waals surface area contributed by atoms with Crippen LogP contribution >= 0.6 is 11.6 Å². The standard InChI is InChI=1S/C17H16ClFN2O2/c1-2-3-16(22)20-13-8-9-14(18)15(10-13)21-17(23)11-4-6-12(19)7-5-11/h4-10H,2-3H2,1H3,(H,20,22)(H,21,23). The third-order valence-corrected chi connectivity index (χ3v) is 3.41. The molecule has 0 saturated heterocycles. The third-order valence-electron chi connectivity index (χ3n) is 3.08. The number of amides is 2. The van der Waals surface area contributed by atoms with Gasteiger partial charge in [0.1, 0.15) is 5.82 Å². The number of hydrogen-bond donors (Lipinski definition) is 2. The SMILES string of the molecule is CCCC(=O)Nc1ccc(Cl)c(NC(=O)c2ccc(F)cc2)c1. The van der Waals surface area contributed by atoms with Crippen LogP contribution in [0, 0.1) is 5.82 Å². The van der Waals surface area contributed by atoms with Crippen LogP contribution in [0.5, 0.6) is 0 Å². The molecule has 0 bridgehead atoms. The minimum Gasteiger partial charge on any atom is -0.326 e. The van der Waals surface area contributed by atoms with Crippen molar-refractivity contribution in [3.05, 3.63) is 58.9 Å². The number of hydrogen-bond acceptors (Lipinski definition) is 2. The van der Waals surface area contributed by atoms with Crippen molar-refractivity contribution in [2.45, 2.75) is 19.8 Å². The van der Waals surface area contributed by atoms with Crippen LogP contribution in [0.15, 0.2) is 42.5 Å². The molecule has 0 aliphatic heterocycles. The summed E-state index contributed by atoms with van der Waals surface area (Å²) < 4.78 is 12.9. The van der Waals surface area contributed by atoms with Crippen LogP contribution in [0.3, 0.4) is 0 Å². The van der Waals surface area contributed by atoms with E-state index in [9.17, 15) is 14.0 Å². The molecular formula is C17H16ClFN2O2. The van der Waals surface area contributed by atoms with E-state index in [4.69, 9.17) is 11.6 Å². The first kappa shape index (κ1) is 17.0. The summed E-state index contributed by atoms with van der Waals surface area (Å²) in [6.07, 6.45) is 1.16. The van der Waals surface area contributed by atoms with E-state index in [-0.39, 0.29) is 5.91 Å². The Balaban J connectivity index is 2.13. The van der Waals surface area contributed by atoms with Crippen molar-refractivity contribution >= 4 is 34.8 Å². The Morgan fingerprint density at radius 1 is 1.09 bits per heavy atom. The highest BCUT2D eigenvalue weighted by atomic mass is 35.5. The number of carbonyl (C=O) groups excluding carboxylic acids is 2. The van der Waals surface area contributed by atoms with Gasteiger partial charge in [0.2, 0.25) is 5.91 Å². The fourth-order valence-electron chi connectivity index (χ4n) is 1.95. The van der Waals surface area contributed by atoms with Gasteiger partial charge in [0, 0.05) is 17.7 Å². The predicted octanol–water partition coefficient (Wildman–Crippen LogP) is 4.47. The Labute approximate surface area is 138 Å². The Hall–Kier alpha value is -2.40. The number of carbonyl (C=O) groups is 2. The quantitative estimate of drug-likeness (QED) is 0.847. The summed E-state index contributed by atoms with van der Waals surface area (Å²) in [5.74, 6) is -0.935. The van der Waals surface area contributed by atoms with Gasteiger partial charge in [0.15, 0.2) is 0 Å². The lowest BCUT2D eigenvalue weighted by atomic mass is 10.2. The zero-order valence-electron chi connectivity index (χ0n) is 12.5. The summed E-state index contributed by atoms with van der Waals surface area (Å²) in [6, 6.07) is 10.00. The second kappa shape index (κ2) is 7.74.